The lowest BCUT2D eigenvalue weighted by Gasteiger charge is -2.37. The number of fused-ring (bicyclic) bond motifs is 1. The number of ether oxygens (including phenoxy) is 2. The molecule has 6 nitrogen and oxygen atoms in total. The molecule has 29 heavy (non-hydrogen) atoms. The van der Waals surface area contributed by atoms with Crippen molar-refractivity contribution in [3.63, 3.8) is 0 Å². The monoisotopic (exact) mass is 434 g/mol. The van der Waals surface area contributed by atoms with Crippen LogP contribution in [0.25, 0.3) is 0 Å². The summed E-state index contributed by atoms with van der Waals surface area (Å²) in [5.41, 5.74) is 1.30. The first-order valence-electron chi connectivity index (χ1n) is 9.40. The predicted octanol–water partition coefficient (Wildman–Crippen LogP) is 3.43. The van der Waals surface area contributed by atoms with Crippen molar-refractivity contribution in [1.82, 2.24) is 9.88 Å². The Hall–Kier alpha value is -2.21. The normalized spacial score (nSPS) is 16.5. The minimum atomic E-state index is -0.666. The molecule has 152 valence electrons. The van der Waals surface area contributed by atoms with E-state index in [-0.39, 0.29) is 10.7 Å². The fourth-order valence-electron chi connectivity index (χ4n) is 3.43. The number of para-hydroxylation sites is 1. The Morgan fingerprint density at radius 3 is 2.79 bits per heavy atom. The van der Waals surface area contributed by atoms with Crippen LogP contribution in [0.1, 0.15) is 5.56 Å². The van der Waals surface area contributed by atoms with E-state index in [0.717, 1.165) is 61.7 Å². The smallest absolute Gasteiger partial charge is 0.184 e. The molecule has 9 heteroatoms. The quantitative estimate of drug-likeness (QED) is 0.527. The molecule has 0 amide bonds. The summed E-state index contributed by atoms with van der Waals surface area (Å²) in [6, 6.07) is 9.13. The molecule has 4 rings (SSSR count). The molecule has 0 radical (unpaired) electrons. The lowest BCUT2D eigenvalue weighted by atomic mass is 10.2. The number of piperazine rings is 1. The van der Waals surface area contributed by atoms with Crippen LogP contribution in [0, 0.1) is 17.1 Å². The Balaban J connectivity index is 1.30. The van der Waals surface area contributed by atoms with Gasteiger partial charge in [-0.1, -0.05) is 17.7 Å². The molecule has 0 N–H and O–H groups in total. The van der Waals surface area contributed by atoms with Gasteiger partial charge in [0, 0.05) is 38.5 Å². The van der Waals surface area contributed by atoms with Crippen molar-refractivity contribution in [2.45, 2.75) is 5.03 Å². The van der Waals surface area contributed by atoms with Gasteiger partial charge in [0.1, 0.15) is 24.3 Å². The van der Waals surface area contributed by atoms with E-state index in [0.29, 0.717) is 18.2 Å². The van der Waals surface area contributed by atoms with E-state index in [9.17, 15) is 4.39 Å². The fourth-order valence-corrected chi connectivity index (χ4v) is 4.58. The third kappa shape index (κ3) is 4.53. The summed E-state index contributed by atoms with van der Waals surface area (Å²) in [4.78, 5) is 8.69. The maximum atomic E-state index is 13.5. The van der Waals surface area contributed by atoms with Crippen LogP contribution in [0.3, 0.4) is 0 Å². The van der Waals surface area contributed by atoms with Gasteiger partial charge in [0.2, 0.25) is 0 Å². The summed E-state index contributed by atoms with van der Waals surface area (Å²) in [6.07, 6.45) is 0. The van der Waals surface area contributed by atoms with Crippen molar-refractivity contribution in [3.8, 4) is 17.6 Å². The summed E-state index contributed by atoms with van der Waals surface area (Å²) in [5, 5.41) is 9.44. The number of pyridine rings is 1. The topological polar surface area (TPSA) is 61.6 Å². The molecule has 0 atom stereocenters. The van der Waals surface area contributed by atoms with Crippen LogP contribution in [0.2, 0.25) is 5.15 Å². The number of rotatable bonds is 5. The second-order valence-corrected chi connectivity index (χ2v) is 8.15. The molecular formula is C20H20ClFN4O2S. The second kappa shape index (κ2) is 9.08. The summed E-state index contributed by atoms with van der Waals surface area (Å²) in [6.45, 7) is 5.66. The molecule has 0 unspecified atom stereocenters. The number of aromatic nitrogens is 1. The third-order valence-corrected chi connectivity index (χ3v) is 6.16. The Morgan fingerprint density at radius 2 is 2.00 bits per heavy atom. The lowest BCUT2D eigenvalue weighted by molar-refractivity contribution is 0.171. The zero-order valence-electron chi connectivity index (χ0n) is 15.7. The van der Waals surface area contributed by atoms with Crippen LogP contribution in [-0.4, -0.2) is 61.6 Å². The molecule has 2 aliphatic heterocycles. The first-order chi connectivity index (χ1) is 14.2. The maximum Gasteiger partial charge on any atom is 0.184 e. The van der Waals surface area contributed by atoms with Gasteiger partial charge in [-0.25, -0.2) is 9.37 Å². The van der Waals surface area contributed by atoms with Crippen LogP contribution in [0.4, 0.5) is 10.1 Å². The van der Waals surface area contributed by atoms with E-state index in [1.807, 2.05) is 18.2 Å². The molecule has 0 aliphatic carbocycles. The molecule has 1 aromatic carbocycles. The van der Waals surface area contributed by atoms with E-state index < -0.39 is 5.82 Å². The number of thioether (sulfide) groups is 1. The molecule has 3 heterocycles. The summed E-state index contributed by atoms with van der Waals surface area (Å²) in [5.74, 6) is 1.74. The highest BCUT2D eigenvalue weighted by atomic mass is 35.5. The number of halogens is 2. The van der Waals surface area contributed by atoms with Gasteiger partial charge in [0.05, 0.1) is 11.3 Å². The molecule has 1 saturated heterocycles. The zero-order chi connectivity index (χ0) is 20.2. The molecule has 1 fully saturated rings. The number of benzene rings is 1. The van der Waals surface area contributed by atoms with Gasteiger partial charge in [0.25, 0.3) is 0 Å². The first-order valence-corrected chi connectivity index (χ1v) is 10.8. The van der Waals surface area contributed by atoms with E-state index in [1.165, 1.54) is 11.8 Å². The number of anilines is 1. The van der Waals surface area contributed by atoms with Crippen LogP contribution in [-0.2, 0) is 0 Å². The SMILES string of the molecule is N#Cc1cc(F)c(Cl)nc1SCCN1CCN(c2cccc3c2OCCO3)CC1. The number of hydrogen-bond donors (Lipinski definition) is 0. The Bertz CT molecular complexity index is 931. The molecule has 1 aromatic heterocycles. The van der Waals surface area contributed by atoms with Gasteiger partial charge >= 0.3 is 0 Å². The minimum absolute atomic E-state index is 0.197. The Kier molecular flexibility index (Phi) is 6.28. The zero-order valence-corrected chi connectivity index (χ0v) is 17.3. The summed E-state index contributed by atoms with van der Waals surface area (Å²) >= 11 is 7.18. The molecule has 0 saturated carbocycles. The van der Waals surface area contributed by atoms with E-state index in [4.69, 9.17) is 26.3 Å². The third-order valence-electron chi connectivity index (χ3n) is 4.92. The largest absolute Gasteiger partial charge is 0.486 e. The van der Waals surface area contributed by atoms with E-state index >= 15 is 0 Å². The van der Waals surface area contributed by atoms with Gasteiger partial charge in [-0.15, -0.1) is 11.8 Å². The maximum absolute atomic E-state index is 13.5. The average molecular weight is 435 g/mol. The van der Waals surface area contributed by atoms with E-state index in [2.05, 4.69) is 20.9 Å². The van der Waals surface area contributed by atoms with Gasteiger partial charge < -0.3 is 14.4 Å². The van der Waals surface area contributed by atoms with Crippen molar-refractivity contribution < 1.29 is 13.9 Å². The number of nitriles is 1. The predicted molar refractivity (Wildman–Crippen MR) is 111 cm³/mol. The van der Waals surface area contributed by atoms with E-state index in [1.54, 1.807) is 0 Å². The summed E-state index contributed by atoms with van der Waals surface area (Å²) < 4.78 is 25.0. The van der Waals surface area contributed by atoms with Crippen molar-refractivity contribution in [2.75, 3.05) is 56.6 Å². The van der Waals surface area contributed by atoms with Crippen molar-refractivity contribution in [3.05, 3.63) is 40.8 Å². The average Bonchev–Trinajstić information content (AvgIpc) is 2.76. The van der Waals surface area contributed by atoms with Crippen LogP contribution in [0.15, 0.2) is 29.3 Å². The highest BCUT2D eigenvalue weighted by Gasteiger charge is 2.23. The van der Waals surface area contributed by atoms with Crippen molar-refractivity contribution in [1.29, 1.82) is 5.26 Å². The molecule has 2 aromatic rings. The lowest BCUT2D eigenvalue weighted by Crippen LogP contribution is -2.47. The van der Waals surface area contributed by atoms with Crippen LogP contribution in [0.5, 0.6) is 11.5 Å². The van der Waals surface area contributed by atoms with Gasteiger partial charge in [-0.2, -0.15) is 5.26 Å². The fraction of sp³-hybridized carbons (Fsp3) is 0.400. The standard InChI is InChI=1S/C20H20ClFN4O2S/c21-19-15(22)12-14(13-23)20(24-19)29-11-8-25-4-6-26(7-5-25)16-2-1-3-17-18(16)28-10-9-27-17/h1-3,12H,4-11H2. The van der Waals surface area contributed by atoms with Gasteiger partial charge in [0.15, 0.2) is 22.5 Å². The highest BCUT2D eigenvalue weighted by molar-refractivity contribution is 7.99. The summed E-state index contributed by atoms with van der Waals surface area (Å²) in [7, 11) is 0. The van der Waals surface area contributed by atoms with Crippen molar-refractivity contribution >= 4 is 29.1 Å². The second-order valence-electron chi connectivity index (χ2n) is 6.70. The molecule has 0 spiro atoms. The van der Waals surface area contributed by atoms with Crippen LogP contribution < -0.4 is 14.4 Å². The van der Waals surface area contributed by atoms with Crippen molar-refractivity contribution in [2.24, 2.45) is 0 Å². The minimum Gasteiger partial charge on any atom is -0.486 e. The first kappa shape index (κ1) is 20.1. The van der Waals surface area contributed by atoms with Gasteiger partial charge in [-0.3, -0.25) is 4.90 Å². The molecule has 2 aliphatic rings. The molecule has 0 bridgehead atoms. The Labute approximate surface area is 178 Å². The number of hydrogen-bond acceptors (Lipinski definition) is 7. The van der Waals surface area contributed by atoms with Gasteiger partial charge in [-0.05, 0) is 18.2 Å². The highest BCUT2D eigenvalue weighted by Crippen LogP contribution is 2.39. The molecular weight excluding hydrogens is 415 g/mol. The Morgan fingerprint density at radius 1 is 1.21 bits per heavy atom. The number of nitrogens with zero attached hydrogens (tertiary/aromatic N) is 4. The van der Waals surface area contributed by atoms with Crippen LogP contribution >= 0.6 is 23.4 Å².